The zero-order chi connectivity index (χ0) is 27.6. The Hall–Kier alpha value is -4.36. The Morgan fingerprint density at radius 3 is 2.87 bits per heavy atom. The molecule has 6 N–H and O–H groups in total. The fourth-order valence-electron chi connectivity index (χ4n) is 5.34. The van der Waals surface area contributed by atoms with E-state index in [9.17, 15) is 5.26 Å². The van der Waals surface area contributed by atoms with Gasteiger partial charge in [-0.1, -0.05) is 0 Å². The Morgan fingerprint density at radius 1 is 1.28 bits per heavy atom. The number of nitriles is 1. The van der Waals surface area contributed by atoms with Crippen LogP contribution in [0.15, 0.2) is 53.2 Å². The second-order valence-corrected chi connectivity index (χ2v) is 10.4. The van der Waals surface area contributed by atoms with Gasteiger partial charge in [-0.2, -0.15) is 5.26 Å². The first-order valence-electron chi connectivity index (χ1n) is 13.2. The fraction of sp³-hybridized carbons (Fsp3) is 0.379. The highest BCUT2D eigenvalue weighted by Crippen LogP contribution is 2.33. The molecule has 2 unspecified atom stereocenters. The van der Waals surface area contributed by atoms with Gasteiger partial charge in [0.1, 0.15) is 23.2 Å². The molecule has 204 valence electrons. The van der Waals surface area contributed by atoms with E-state index in [1.54, 1.807) is 24.1 Å². The SMILES string of the molecule is COc1ccc(N)cc1NCC1(C)N=CC(C#N)=C(c2cn(N)c3cc(OCCC4CCCN4C)ccc23)N1. The molecule has 39 heavy (non-hydrogen) atoms. The molecular weight excluding hydrogens is 492 g/mol. The average molecular weight is 529 g/mol. The number of hydrogen-bond acceptors (Lipinski definition) is 9. The largest absolute Gasteiger partial charge is 0.495 e. The maximum absolute atomic E-state index is 9.88. The van der Waals surface area contributed by atoms with Gasteiger partial charge in [-0.15, -0.1) is 0 Å². The lowest BCUT2D eigenvalue weighted by molar-refractivity contribution is 0.233. The van der Waals surface area contributed by atoms with Crippen molar-refractivity contribution < 1.29 is 9.47 Å². The van der Waals surface area contributed by atoms with Crippen LogP contribution in [0.25, 0.3) is 16.6 Å². The van der Waals surface area contributed by atoms with Crippen molar-refractivity contribution in [2.24, 2.45) is 4.99 Å². The summed E-state index contributed by atoms with van der Waals surface area (Å²) < 4.78 is 13.1. The highest BCUT2D eigenvalue weighted by Gasteiger charge is 2.30. The molecule has 1 aromatic heterocycles. The number of benzene rings is 2. The molecule has 0 radical (unpaired) electrons. The van der Waals surface area contributed by atoms with Gasteiger partial charge in [0.15, 0.2) is 0 Å². The molecule has 0 spiro atoms. The monoisotopic (exact) mass is 528 g/mol. The Bertz CT molecular complexity index is 1470. The number of likely N-dealkylation sites (tertiary alicyclic amines) is 1. The molecule has 10 nitrogen and oxygen atoms in total. The van der Waals surface area contributed by atoms with Crippen LogP contribution in [0, 0.1) is 11.3 Å². The van der Waals surface area contributed by atoms with E-state index >= 15 is 0 Å². The molecule has 3 aromatic rings. The average Bonchev–Trinajstić information content (AvgIpc) is 3.49. The Balaban J connectivity index is 1.35. The van der Waals surface area contributed by atoms with Gasteiger partial charge in [0.2, 0.25) is 0 Å². The maximum Gasteiger partial charge on any atom is 0.144 e. The van der Waals surface area contributed by atoms with Crippen LogP contribution in [-0.2, 0) is 0 Å². The third-order valence-corrected chi connectivity index (χ3v) is 7.58. The Morgan fingerprint density at radius 2 is 2.13 bits per heavy atom. The molecule has 2 atom stereocenters. The van der Waals surface area contributed by atoms with Gasteiger partial charge in [0.25, 0.3) is 0 Å². The smallest absolute Gasteiger partial charge is 0.144 e. The van der Waals surface area contributed by atoms with Gasteiger partial charge in [-0.05, 0) is 70.1 Å². The van der Waals surface area contributed by atoms with E-state index in [1.807, 2.05) is 43.5 Å². The van der Waals surface area contributed by atoms with Gasteiger partial charge in [-0.3, -0.25) is 9.67 Å². The number of hydrogen-bond donors (Lipinski definition) is 4. The number of anilines is 2. The topological polar surface area (TPSA) is 139 Å². The van der Waals surface area contributed by atoms with Crippen LogP contribution < -0.4 is 31.7 Å². The van der Waals surface area contributed by atoms with Crippen molar-refractivity contribution in [1.29, 1.82) is 5.26 Å². The van der Waals surface area contributed by atoms with Crippen LogP contribution in [0.4, 0.5) is 11.4 Å². The number of rotatable bonds is 9. The first-order valence-corrected chi connectivity index (χ1v) is 13.2. The number of methoxy groups -OCH3 is 1. The van der Waals surface area contributed by atoms with Crippen molar-refractivity contribution in [2.45, 2.75) is 37.9 Å². The van der Waals surface area contributed by atoms with E-state index in [2.05, 4.69) is 33.6 Å². The number of aromatic nitrogens is 1. The summed E-state index contributed by atoms with van der Waals surface area (Å²) in [7, 11) is 3.79. The van der Waals surface area contributed by atoms with Gasteiger partial charge in [-0.25, -0.2) is 0 Å². The van der Waals surface area contributed by atoms with Gasteiger partial charge in [0.05, 0.1) is 42.7 Å². The molecule has 2 aromatic carbocycles. The van der Waals surface area contributed by atoms with E-state index in [-0.39, 0.29) is 0 Å². The fourth-order valence-corrected chi connectivity index (χ4v) is 5.34. The highest BCUT2D eigenvalue weighted by molar-refractivity contribution is 6.02. The van der Waals surface area contributed by atoms with Crippen LogP contribution in [0.2, 0.25) is 0 Å². The van der Waals surface area contributed by atoms with Crippen molar-refractivity contribution >= 4 is 34.2 Å². The van der Waals surface area contributed by atoms with E-state index in [4.69, 9.17) is 21.1 Å². The van der Waals surface area contributed by atoms with Crippen LogP contribution in [0.5, 0.6) is 11.5 Å². The number of aliphatic imine (C=N–C) groups is 1. The summed E-state index contributed by atoms with van der Waals surface area (Å²) in [5.41, 5.74) is 9.36. The molecule has 1 saturated heterocycles. The number of ether oxygens (including phenoxy) is 2. The predicted octanol–water partition coefficient (Wildman–Crippen LogP) is 3.55. The van der Waals surface area contributed by atoms with Crippen molar-refractivity contribution in [1.82, 2.24) is 14.9 Å². The molecule has 0 saturated carbocycles. The number of nitrogens with two attached hydrogens (primary N) is 2. The van der Waals surface area contributed by atoms with E-state index in [1.165, 1.54) is 12.8 Å². The zero-order valence-electron chi connectivity index (χ0n) is 22.7. The maximum atomic E-state index is 9.88. The van der Waals surface area contributed by atoms with E-state index in [0.717, 1.165) is 40.9 Å². The second kappa shape index (κ2) is 10.8. The van der Waals surface area contributed by atoms with Crippen LogP contribution >= 0.6 is 0 Å². The van der Waals surface area contributed by atoms with Gasteiger partial charge >= 0.3 is 0 Å². The summed E-state index contributed by atoms with van der Waals surface area (Å²) in [6.45, 7) is 4.19. The summed E-state index contributed by atoms with van der Waals surface area (Å²) in [6.07, 6.45) is 6.91. The summed E-state index contributed by atoms with van der Waals surface area (Å²) >= 11 is 0. The lowest BCUT2D eigenvalue weighted by Gasteiger charge is -2.33. The summed E-state index contributed by atoms with van der Waals surface area (Å²) in [6, 6.07) is 14.2. The normalized spacial score (nSPS) is 21.1. The van der Waals surface area contributed by atoms with Crippen LogP contribution in [0.1, 0.15) is 31.7 Å². The number of nitrogens with zero attached hydrogens (tertiary/aromatic N) is 4. The Labute approximate surface area is 228 Å². The van der Waals surface area contributed by atoms with Crippen molar-refractivity contribution in [3.8, 4) is 17.6 Å². The molecule has 0 aliphatic carbocycles. The molecule has 1 fully saturated rings. The molecule has 3 heterocycles. The quantitative estimate of drug-likeness (QED) is 0.244. The van der Waals surface area contributed by atoms with Crippen molar-refractivity contribution in [3.05, 3.63) is 53.7 Å². The number of fused-ring (bicyclic) bond motifs is 1. The summed E-state index contributed by atoms with van der Waals surface area (Å²) in [5.74, 6) is 7.84. The lowest BCUT2D eigenvalue weighted by atomic mass is 10.0. The first kappa shape index (κ1) is 26.3. The Kier molecular flexibility index (Phi) is 7.26. The number of allylic oxidation sites excluding steroid dienone is 1. The van der Waals surface area contributed by atoms with E-state index < -0.39 is 5.66 Å². The van der Waals surface area contributed by atoms with Crippen LogP contribution in [-0.4, -0.2) is 61.3 Å². The highest BCUT2D eigenvalue weighted by atomic mass is 16.5. The predicted molar refractivity (Wildman–Crippen MR) is 156 cm³/mol. The lowest BCUT2D eigenvalue weighted by Crippen LogP contribution is -2.47. The molecule has 2 aliphatic heterocycles. The molecule has 0 amide bonds. The van der Waals surface area contributed by atoms with Crippen LogP contribution in [0.3, 0.4) is 0 Å². The summed E-state index contributed by atoms with van der Waals surface area (Å²) in [5, 5.41) is 17.7. The molecule has 5 rings (SSSR count). The van der Waals surface area contributed by atoms with Crippen molar-refractivity contribution in [2.75, 3.05) is 50.7 Å². The molecular formula is C29H36N8O2. The van der Waals surface area contributed by atoms with E-state index in [0.29, 0.717) is 41.9 Å². The minimum Gasteiger partial charge on any atom is -0.495 e. The van der Waals surface area contributed by atoms with Crippen molar-refractivity contribution in [3.63, 3.8) is 0 Å². The number of nitrogen functional groups attached to an aromatic ring is 2. The molecule has 2 aliphatic rings. The van der Waals surface area contributed by atoms with Gasteiger partial charge in [0, 0.05) is 41.2 Å². The molecule has 10 heteroatoms. The summed E-state index contributed by atoms with van der Waals surface area (Å²) in [4.78, 5) is 7.05. The standard InChI is InChI=1S/C29H36N8O2/c1-29(18-33-25-13-20(31)6-9-27(25)38-3)34-16-19(15-30)28(35-29)24-17-37(32)26-14-22(7-8-23(24)26)39-12-10-21-5-4-11-36(21)2/h6-9,13-14,16-17,21,33,35H,4-5,10-12,18,31-32H2,1-3H3. The second-order valence-electron chi connectivity index (χ2n) is 10.4. The third-order valence-electron chi connectivity index (χ3n) is 7.58. The number of nitrogens with one attached hydrogen (secondary N) is 2. The minimum absolute atomic E-state index is 0.418. The minimum atomic E-state index is -0.745. The van der Waals surface area contributed by atoms with Gasteiger partial charge < -0.3 is 36.6 Å². The first-order chi connectivity index (χ1) is 18.8. The molecule has 0 bridgehead atoms. The third kappa shape index (κ3) is 5.45. The zero-order valence-corrected chi connectivity index (χ0v) is 22.7.